The predicted molar refractivity (Wildman–Crippen MR) is 125 cm³/mol. The molecule has 4 aromatic carbocycles. The molecule has 144 valence electrons. The van der Waals surface area contributed by atoms with E-state index in [4.69, 9.17) is 4.42 Å². The zero-order valence-corrected chi connectivity index (χ0v) is 16.5. The molecule has 2 aromatic heterocycles. The van der Waals surface area contributed by atoms with Crippen molar-refractivity contribution in [2.45, 2.75) is 0 Å². The molecule has 0 saturated carbocycles. The van der Waals surface area contributed by atoms with Crippen molar-refractivity contribution < 1.29 is 4.42 Å². The maximum Gasteiger partial charge on any atom is 0.136 e. The SMILES string of the molecule is N#Cc1ccnc(-c2cccc(-c3ccc4c(c3)oc3ccc5ccccc5c34)c2)c1. The van der Waals surface area contributed by atoms with Crippen molar-refractivity contribution in [3.8, 4) is 28.5 Å². The molecule has 0 aliphatic heterocycles. The molecular formula is C28H16N2O. The summed E-state index contributed by atoms with van der Waals surface area (Å²) in [5.74, 6) is 0. The molecule has 0 fully saturated rings. The first-order valence-corrected chi connectivity index (χ1v) is 10.1. The molecule has 0 amide bonds. The fraction of sp³-hybridized carbons (Fsp3) is 0. The molecule has 2 heterocycles. The van der Waals surface area contributed by atoms with E-state index in [-0.39, 0.29) is 0 Å². The van der Waals surface area contributed by atoms with Gasteiger partial charge in [0.05, 0.1) is 17.3 Å². The number of nitrogens with zero attached hydrogens (tertiary/aromatic N) is 2. The van der Waals surface area contributed by atoms with Crippen LogP contribution >= 0.6 is 0 Å². The summed E-state index contributed by atoms with van der Waals surface area (Å²) >= 11 is 0. The highest BCUT2D eigenvalue weighted by atomic mass is 16.3. The van der Waals surface area contributed by atoms with Crippen LogP contribution in [0.4, 0.5) is 0 Å². The van der Waals surface area contributed by atoms with Crippen molar-refractivity contribution in [1.29, 1.82) is 5.26 Å². The number of benzene rings is 4. The maximum atomic E-state index is 9.18. The van der Waals surface area contributed by atoms with Crippen molar-refractivity contribution in [1.82, 2.24) is 4.98 Å². The van der Waals surface area contributed by atoms with Crippen molar-refractivity contribution in [3.63, 3.8) is 0 Å². The number of furan rings is 1. The number of hydrogen-bond acceptors (Lipinski definition) is 3. The van der Waals surface area contributed by atoms with Crippen LogP contribution in [-0.2, 0) is 0 Å². The normalized spacial score (nSPS) is 11.2. The van der Waals surface area contributed by atoms with Gasteiger partial charge in [-0.3, -0.25) is 4.98 Å². The van der Waals surface area contributed by atoms with E-state index < -0.39 is 0 Å². The Labute approximate surface area is 178 Å². The third-order valence-electron chi connectivity index (χ3n) is 5.74. The summed E-state index contributed by atoms with van der Waals surface area (Å²) in [5, 5.41) is 13.9. The zero-order valence-electron chi connectivity index (χ0n) is 16.5. The smallest absolute Gasteiger partial charge is 0.136 e. The van der Waals surface area contributed by atoms with Crippen molar-refractivity contribution in [2.75, 3.05) is 0 Å². The van der Waals surface area contributed by atoms with Gasteiger partial charge in [0.15, 0.2) is 0 Å². The second-order valence-corrected chi connectivity index (χ2v) is 7.60. The summed E-state index contributed by atoms with van der Waals surface area (Å²) in [7, 11) is 0. The molecule has 3 nitrogen and oxygen atoms in total. The maximum absolute atomic E-state index is 9.18. The summed E-state index contributed by atoms with van der Waals surface area (Å²) in [6.07, 6.45) is 1.67. The first-order valence-electron chi connectivity index (χ1n) is 10.1. The monoisotopic (exact) mass is 396 g/mol. The number of aromatic nitrogens is 1. The Hall–Kier alpha value is -4.42. The lowest BCUT2D eigenvalue weighted by Crippen LogP contribution is -1.86. The number of nitriles is 1. The molecule has 0 aliphatic carbocycles. The molecule has 0 aliphatic rings. The van der Waals surface area contributed by atoms with Gasteiger partial charge in [-0.15, -0.1) is 0 Å². The van der Waals surface area contributed by atoms with Crippen LogP contribution in [0.5, 0.6) is 0 Å². The van der Waals surface area contributed by atoms with Crippen LogP contribution in [0.25, 0.3) is 55.1 Å². The van der Waals surface area contributed by atoms with Gasteiger partial charge in [0.25, 0.3) is 0 Å². The Morgan fingerprint density at radius 3 is 2.48 bits per heavy atom. The van der Waals surface area contributed by atoms with Crippen molar-refractivity contribution in [3.05, 3.63) is 103 Å². The van der Waals surface area contributed by atoms with Gasteiger partial charge in [0, 0.05) is 22.5 Å². The molecule has 6 rings (SSSR count). The molecule has 0 unspecified atom stereocenters. The van der Waals surface area contributed by atoms with E-state index in [0.717, 1.165) is 44.3 Å². The molecule has 31 heavy (non-hydrogen) atoms. The van der Waals surface area contributed by atoms with Gasteiger partial charge in [-0.1, -0.05) is 54.6 Å². The average Bonchev–Trinajstić information content (AvgIpc) is 3.22. The predicted octanol–water partition coefficient (Wildman–Crippen LogP) is 7.34. The van der Waals surface area contributed by atoms with E-state index in [2.05, 4.69) is 71.7 Å². The summed E-state index contributed by atoms with van der Waals surface area (Å²) in [6, 6.07) is 32.8. The van der Waals surface area contributed by atoms with Gasteiger partial charge in [-0.05, 0) is 58.3 Å². The van der Waals surface area contributed by atoms with Crippen LogP contribution in [0.1, 0.15) is 5.56 Å². The molecule has 0 saturated heterocycles. The quantitative estimate of drug-likeness (QED) is 0.308. The molecule has 6 aromatic rings. The molecule has 0 atom stereocenters. The van der Waals surface area contributed by atoms with Gasteiger partial charge in [0.1, 0.15) is 11.2 Å². The minimum Gasteiger partial charge on any atom is -0.456 e. The first-order chi connectivity index (χ1) is 15.3. The number of fused-ring (bicyclic) bond motifs is 5. The highest BCUT2D eigenvalue weighted by Crippen LogP contribution is 2.37. The van der Waals surface area contributed by atoms with Gasteiger partial charge in [0.2, 0.25) is 0 Å². The van der Waals surface area contributed by atoms with E-state index in [1.165, 1.54) is 10.8 Å². The van der Waals surface area contributed by atoms with Crippen molar-refractivity contribution in [2.24, 2.45) is 0 Å². The largest absolute Gasteiger partial charge is 0.456 e. The number of pyridine rings is 1. The zero-order chi connectivity index (χ0) is 20.8. The Morgan fingerprint density at radius 2 is 1.55 bits per heavy atom. The van der Waals surface area contributed by atoms with Crippen LogP contribution in [0.2, 0.25) is 0 Å². The Kier molecular flexibility index (Phi) is 3.84. The lowest BCUT2D eigenvalue weighted by molar-refractivity contribution is 0.669. The molecule has 0 bridgehead atoms. The highest BCUT2D eigenvalue weighted by molar-refractivity contribution is 6.19. The molecule has 3 heteroatoms. The second kappa shape index (κ2) is 6.83. The topological polar surface area (TPSA) is 49.8 Å². The van der Waals surface area contributed by atoms with Crippen LogP contribution in [0, 0.1) is 11.3 Å². The minimum atomic E-state index is 0.603. The lowest BCUT2D eigenvalue weighted by atomic mass is 9.99. The summed E-state index contributed by atoms with van der Waals surface area (Å²) in [6.45, 7) is 0. The van der Waals surface area contributed by atoms with Crippen LogP contribution in [0.3, 0.4) is 0 Å². The summed E-state index contributed by atoms with van der Waals surface area (Å²) in [4.78, 5) is 4.43. The van der Waals surface area contributed by atoms with Crippen LogP contribution < -0.4 is 0 Å². The molecule has 0 spiro atoms. The first kappa shape index (κ1) is 17.4. The van der Waals surface area contributed by atoms with E-state index in [1.54, 1.807) is 12.3 Å². The van der Waals surface area contributed by atoms with Crippen LogP contribution in [-0.4, -0.2) is 4.98 Å². The Bertz CT molecular complexity index is 1650. The van der Waals surface area contributed by atoms with Gasteiger partial charge in [-0.25, -0.2) is 0 Å². The van der Waals surface area contributed by atoms with E-state index in [9.17, 15) is 5.26 Å². The second-order valence-electron chi connectivity index (χ2n) is 7.60. The fourth-order valence-corrected chi connectivity index (χ4v) is 4.24. The van der Waals surface area contributed by atoms with E-state index in [1.807, 2.05) is 24.3 Å². The standard InChI is InChI=1S/C28H16N2O/c29-17-18-12-13-30-25(14-18)22-6-3-5-20(15-22)21-8-10-24-27(16-21)31-26-11-9-19-4-1-2-7-23(19)28(24)26/h1-16H. The Morgan fingerprint density at radius 1 is 0.677 bits per heavy atom. The van der Waals surface area contributed by atoms with Crippen LogP contribution in [0.15, 0.2) is 102 Å². The summed E-state index contributed by atoms with van der Waals surface area (Å²) in [5.41, 5.74) is 6.30. The van der Waals surface area contributed by atoms with Gasteiger partial charge in [-0.2, -0.15) is 5.26 Å². The molecule has 0 N–H and O–H groups in total. The Balaban J connectivity index is 1.50. The molecule has 0 radical (unpaired) electrons. The van der Waals surface area contributed by atoms with E-state index in [0.29, 0.717) is 5.56 Å². The van der Waals surface area contributed by atoms with E-state index >= 15 is 0 Å². The van der Waals surface area contributed by atoms with Gasteiger partial charge >= 0.3 is 0 Å². The van der Waals surface area contributed by atoms with Crippen molar-refractivity contribution >= 4 is 32.7 Å². The fourth-order valence-electron chi connectivity index (χ4n) is 4.24. The highest BCUT2D eigenvalue weighted by Gasteiger charge is 2.12. The lowest BCUT2D eigenvalue weighted by Gasteiger charge is -2.06. The van der Waals surface area contributed by atoms with Gasteiger partial charge < -0.3 is 4.42 Å². The minimum absolute atomic E-state index is 0.603. The third-order valence-corrected chi connectivity index (χ3v) is 5.74. The third kappa shape index (κ3) is 2.86. The number of hydrogen-bond donors (Lipinski definition) is 0. The average molecular weight is 396 g/mol. The number of rotatable bonds is 2. The summed E-state index contributed by atoms with van der Waals surface area (Å²) < 4.78 is 6.22. The molecular weight excluding hydrogens is 380 g/mol.